The maximum atomic E-state index is 12.4. The third kappa shape index (κ3) is 5.16. The van der Waals surface area contributed by atoms with Crippen LogP contribution in [0.15, 0.2) is 54.7 Å². The SMILES string of the molecule is Cc1cc(Nc2c(C=N)cc(NC(=O)N[C@H](C)c3ccccc3)nc2C)ccn1.[HH].[HH]. The van der Waals surface area contributed by atoms with E-state index in [1.165, 1.54) is 6.21 Å². The second kappa shape index (κ2) is 8.97. The van der Waals surface area contributed by atoms with E-state index in [1.54, 1.807) is 12.3 Å². The van der Waals surface area contributed by atoms with E-state index in [0.717, 1.165) is 16.9 Å². The van der Waals surface area contributed by atoms with Gasteiger partial charge in [0.25, 0.3) is 0 Å². The number of carbonyl (C=O) groups is 1. The van der Waals surface area contributed by atoms with Gasteiger partial charge < -0.3 is 16.0 Å². The van der Waals surface area contributed by atoms with Crippen molar-refractivity contribution in [1.82, 2.24) is 15.3 Å². The summed E-state index contributed by atoms with van der Waals surface area (Å²) in [5.41, 5.74) is 4.78. The smallest absolute Gasteiger partial charge is 0.320 e. The normalized spacial score (nSPS) is 11.4. The predicted octanol–water partition coefficient (Wildman–Crippen LogP) is 5.21. The fraction of sp³-hybridized carbons (Fsp3) is 0.182. The Morgan fingerprint density at radius 2 is 1.93 bits per heavy atom. The van der Waals surface area contributed by atoms with Crippen molar-refractivity contribution < 1.29 is 7.65 Å². The van der Waals surface area contributed by atoms with Crippen LogP contribution in [0.2, 0.25) is 0 Å². The number of benzene rings is 1. The van der Waals surface area contributed by atoms with Gasteiger partial charge in [0.2, 0.25) is 0 Å². The van der Waals surface area contributed by atoms with Crippen molar-refractivity contribution in [3.05, 3.63) is 77.2 Å². The lowest BCUT2D eigenvalue weighted by atomic mass is 10.1. The van der Waals surface area contributed by atoms with Crippen LogP contribution in [0, 0.1) is 19.3 Å². The number of carbonyl (C=O) groups excluding carboxylic acids is 1. The van der Waals surface area contributed by atoms with E-state index in [4.69, 9.17) is 5.41 Å². The van der Waals surface area contributed by atoms with Crippen LogP contribution >= 0.6 is 0 Å². The molecular formula is C22H28N6O. The number of pyridine rings is 2. The van der Waals surface area contributed by atoms with E-state index < -0.39 is 0 Å². The first-order valence-corrected chi connectivity index (χ1v) is 9.30. The second-order valence-electron chi connectivity index (χ2n) is 6.74. The largest absolute Gasteiger partial charge is 0.353 e. The minimum absolute atomic E-state index is 0. The van der Waals surface area contributed by atoms with Crippen LogP contribution in [0.3, 0.4) is 0 Å². The van der Waals surface area contributed by atoms with Crippen molar-refractivity contribution in [3.63, 3.8) is 0 Å². The molecule has 4 N–H and O–H groups in total. The summed E-state index contributed by atoms with van der Waals surface area (Å²) in [6, 6.07) is 14.7. The van der Waals surface area contributed by atoms with Gasteiger partial charge in [0.1, 0.15) is 5.82 Å². The summed E-state index contributed by atoms with van der Waals surface area (Å²) in [4.78, 5) is 21.0. The first kappa shape index (κ1) is 20.0. The quantitative estimate of drug-likeness (QED) is 0.432. The summed E-state index contributed by atoms with van der Waals surface area (Å²) in [5, 5.41) is 16.7. The fourth-order valence-corrected chi connectivity index (χ4v) is 2.98. The van der Waals surface area contributed by atoms with Gasteiger partial charge >= 0.3 is 6.03 Å². The molecule has 0 bridgehead atoms. The topological polar surface area (TPSA) is 103 Å². The molecule has 7 heteroatoms. The van der Waals surface area contributed by atoms with E-state index in [1.807, 2.05) is 63.2 Å². The molecule has 152 valence electrons. The van der Waals surface area contributed by atoms with Crippen molar-refractivity contribution in [2.24, 2.45) is 0 Å². The number of hydrogen-bond donors (Lipinski definition) is 4. The Bertz CT molecular complexity index is 1030. The van der Waals surface area contributed by atoms with Gasteiger partial charge in [0, 0.05) is 32.2 Å². The Balaban J connectivity index is 0.00000240. The van der Waals surface area contributed by atoms with E-state index in [2.05, 4.69) is 25.9 Å². The van der Waals surface area contributed by atoms with E-state index in [9.17, 15) is 4.79 Å². The van der Waals surface area contributed by atoms with Gasteiger partial charge in [-0.3, -0.25) is 10.3 Å². The van der Waals surface area contributed by atoms with Crippen LogP contribution in [-0.2, 0) is 0 Å². The van der Waals surface area contributed by atoms with Gasteiger partial charge in [0.05, 0.1) is 17.4 Å². The minimum atomic E-state index is -0.352. The summed E-state index contributed by atoms with van der Waals surface area (Å²) >= 11 is 0. The molecule has 0 aliphatic rings. The van der Waals surface area contributed by atoms with Crippen molar-refractivity contribution in [2.45, 2.75) is 26.8 Å². The van der Waals surface area contributed by atoms with Crippen molar-refractivity contribution in [1.29, 1.82) is 5.41 Å². The average molecular weight is 393 g/mol. The Hall–Kier alpha value is -3.74. The van der Waals surface area contributed by atoms with Crippen LogP contribution < -0.4 is 16.0 Å². The standard InChI is InChI=1S/C22H24N6O.2H2/c1-14-11-19(9-10-24-14)27-21-16(3)25-20(12-18(21)13-23)28-22(29)26-15(2)17-7-5-4-6-8-17;;/h4-13,15,23H,1-3H3,(H,24,27)(H2,25,26,28,29);2*1H/t15-;;/m1../s1. The number of nitrogens with one attached hydrogen (secondary N) is 4. The van der Waals surface area contributed by atoms with Crippen LogP contribution in [0.5, 0.6) is 0 Å². The molecule has 0 spiro atoms. The molecule has 3 rings (SSSR count). The summed E-state index contributed by atoms with van der Waals surface area (Å²) in [7, 11) is 0. The zero-order chi connectivity index (χ0) is 20.8. The Morgan fingerprint density at radius 1 is 1.17 bits per heavy atom. The van der Waals surface area contributed by atoms with Gasteiger partial charge in [-0.05, 0) is 44.5 Å². The molecule has 1 aromatic carbocycles. The number of amides is 2. The zero-order valence-corrected chi connectivity index (χ0v) is 16.7. The number of anilines is 3. The van der Waals surface area contributed by atoms with Gasteiger partial charge in [-0.15, -0.1) is 0 Å². The van der Waals surface area contributed by atoms with Gasteiger partial charge in [-0.1, -0.05) is 30.3 Å². The fourth-order valence-electron chi connectivity index (χ4n) is 2.98. The van der Waals surface area contributed by atoms with Crippen LogP contribution in [0.25, 0.3) is 0 Å². The molecule has 7 nitrogen and oxygen atoms in total. The minimum Gasteiger partial charge on any atom is -0.353 e. The van der Waals surface area contributed by atoms with Gasteiger partial charge in [0.15, 0.2) is 0 Å². The highest BCUT2D eigenvalue weighted by molar-refractivity contribution is 5.93. The number of aromatic nitrogens is 2. The maximum Gasteiger partial charge on any atom is 0.320 e. The molecule has 0 radical (unpaired) electrons. The molecule has 0 aliphatic carbocycles. The number of rotatable bonds is 6. The molecule has 3 aromatic rings. The third-order valence-electron chi connectivity index (χ3n) is 4.44. The highest BCUT2D eigenvalue weighted by Crippen LogP contribution is 2.25. The molecule has 0 saturated carbocycles. The van der Waals surface area contributed by atoms with E-state index in [0.29, 0.717) is 22.8 Å². The summed E-state index contributed by atoms with van der Waals surface area (Å²) in [5.74, 6) is 0.384. The summed E-state index contributed by atoms with van der Waals surface area (Å²) < 4.78 is 0. The number of hydrogen-bond acceptors (Lipinski definition) is 5. The van der Waals surface area contributed by atoms with Gasteiger partial charge in [-0.25, -0.2) is 9.78 Å². The molecule has 0 saturated heterocycles. The van der Waals surface area contributed by atoms with Crippen molar-refractivity contribution >= 4 is 29.4 Å². The first-order valence-electron chi connectivity index (χ1n) is 9.30. The Labute approximate surface area is 173 Å². The molecule has 2 heterocycles. The molecule has 1 atom stereocenters. The third-order valence-corrected chi connectivity index (χ3v) is 4.44. The highest BCUT2D eigenvalue weighted by atomic mass is 16.2. The highest BCUT2D eigenvalue weighted by Gasteiger charge is 2.13. The summed E-state index contributed by atoms with van der Waals surface area (Å²) in [6.45, 7) is 5.66. The Kier molecular flexibility index (Phi) is 6.19. The first-order chi connectivity index (χ1) is 14.0. The summed E-state index contributed by atoms with van der Waals surface area (Å²) in [6.07, 6.45) is 2.96. The second-order valence-corrected chi connectivity index (χ2v) is 6.74. The molecule has 0 unspecified atom stereocenters. The maximum absolute atomic E-state index is 12.4. The van der Waals surface area contributed by atoms with Crippen LogP contribution in [0.4, 0.5) is 22.0 Å². The van der Waals surface area contributed by atoms with Crippen molar-refractivity contribution in [3.8, 4) is 0 Å². The van der Waals surface area contributed by atoms with Crippen LogP contribution in [0.1, 0.15) is 38.3 Å². The van der Waals surface area contributed by atoms with E-state index in [-0.39, 0.29) is 14.9 Å². The molecule has 0 aliphatic heterocycles. The molecule has 29 heavy (non-hydrogen) atoms. The monoisotopic (exact) mass is 392 g/mol. The number of aryl methyl sites for hydroxylation is 2. The van der Waals surface area contributed by atoms with Gasteiger partial charge in [-0.2, -0.15) is 0 Å². The number of nitrogens with zero attached hydrogens (tertiary/aromatic N) is 2. The van der Waals surface area contributed by atoms with E-state index >= 15 is 0 Å². The van der Waals surface area contributed by atoms with Crippen molar-refractivity contribution in [2.75, 3.05) is 10.6 Å². The lowest BCUT2D eigenvalue weighted by Crippen LogP contribution is -2.31. The predicted molar refractivity (Wildman–Crippen MR) is 120 cm³/mol. The molecular weight excluding hydrogens is 364 g/mol. The lowest BCUT2D eigenvalue weighted by molar-refractivity contribution is 0.249. The molecule has 0 fully saturated rings. The van der Waals surface area contributed by atoms with Crippen LogP contribution in [-0.4, -0.2) is 22.2 Å². The lowest BCUT2D eigenvalue weighted by Gasteiger charge is -2.17. The number of urea groups is 1. The zero-order valence-electron chi connectivity index (χ0n) is 16.7. The average Bonchev–Trinajstić information content (AvgIpc) is 2.70. The molecule has 2 amide bonds. The molecule has 2 aromatic heterocycles. The Morgan fingerprint density at radius 3 is 2.62 bits per heavy atom.